The molecule has 0 nitrogen and oxygen atoms in total. The van der Waals surface area contributed by atoms with Crippen LogP contribution < -0.4 is 0 Å². The molecule has 0 saturated carbocycles. The minimum absolute atomic E-state index is 0.721. The summed E-state index contributed by atoms with van der Waals surface area (Å²) in [6, 6.07) is 6.62. The molecule has 0 aromatic rings. The zero-order valence-electron chi connectivity index (χ0n) is 9.64. The van der Waals surface area contributed by atoms with Gasteiger partial charge in [0.1, 0.15) is 0 Å². The van der Waals surface area contributed by atoms with Crippen LogP contribution in [0.3, 0.4) is 0 Å². The Morgan fingerprint density at radius 1 is 0.615 bits per heavy atom. The Labute approximate surface area is 84.1 Å². The Bertz CT molecular complexity index is 154. The first kappa shape index (κ1) is 9.76. The Kier molecular flexibility index (Phi) is 2.34. The summed E-state index contributed by atoms with van der Waals surface area (Å²) in [5.74, 6) is 4.18. The monoisotopic (exact) mass is 196 g/mol. The highest BCUT2D eigenvalue weighted by atomic mass is 28.3. The first-order valence-electron chi connectivity index (χ1n) is 6.02. The molecule has 2 aliphatic rings. The fraction of sp³-hybridized carbons (Fsp3) is 1.00. The van der Waals surface area contributed by atoms with Crippen molar-refractivity contribution in [3.05, 3.63) is 0 Å². The van der Waals surface area contributed by atoms with E-state index in [9.17, 15) is 0 Å². The maximum atomic E-state index is 2.49. The molecular weight excluding hydrogens is 172 g/mol. The van der Waals surface area contributed by atoms with Crippen LogP contribution in [0.5, 0.6) is 0 Å². The van der Waals surface area contributed by atoms with Gasteiger partial charge in [-0.15, -0.1) is 0 Å². The number of hydrogen-bond acceptors (Lipinski definition) is 0. The van der Waals surface area contributed by atoms with E-state index in [-0.39, 0.29) is 0 Å². The SMILES string of the molecule is C[C@@H]1C[Si]2(C[C@H]1C)C[C@@H](C)[C@H](C)C2. The van der Waals surface area contributed by atoms with E-state index >= 15 is 0 Å². The van der Waals surface area contributed by atoms with Crippen LogP contribution in [0.2, 0.25) is 24.2 Å². The highest BCUT2D eigenvalue weighted by molar-refractivity contribution is 6.81. The van der Waals surface area contributed by atoms with E-state index in [1.54, 1.807) is 24.2 Å². The average molecular weight is 196 g/mol. The van der Waals surface area contributed by atoms with Crippen molar-refractivity contribution in [2.75, 3.05) is 0 Å². The predicted molar refractivity (Wildman–Crippen MR) is 61.6 cm³/mol. The second-order valence-electron chi connectivity index (χ2n) is 6.23. The van der Waals surface area contributed by atoms with Crippen molar-refractivity contribution in [2.24, 2.45) is 23.7 Å². The topological polar surface area (TPSA) is 0 Å². The standard InChI is InChI=1S/C12H24Si/c1-9-5-13(6-10(9)2)7-11(3)12(4)8-13/h9-12H,5-8H2,1-4H3/t9-,10-,11-,12-/m1/s1. The van der Waals surface area contributed by atoms with Gasteiger partial charge in [0, 0.05) is 0 Å². The lowest BCUT2D eigenvalue weighted by Gasteiger charge is -2.20. The first-order chi connectivity index (χ1) is 6.02. The molecule has 0 aliphatic carbocycles. The molecule has 0 amide bonds. The van der Waals surface area contributed by atoms with Gasteiger partial charge in [0.05, 0.1) is 8.07 Å². The van der Waals surface area contributed by atoms with E-state index in [2.05, 4.69) is 27.7 Å². The van der Waals surface area contributed by atoms with Gasteiger partial charge in [0.25, 0.3) is 0 Å². The molecule has 2 rings (SSSR count). The maximum Gasteiger partial charge on any atom is 0.0546 e. The molecule has 0 bridgehead atoms. The first-order valence-corrected chi connectivity index (χ1v) is 8.85. The molecule has 0 aromatic heterocycles. The average Bonchev–Trinajstić information content (AvgIpc) is 2.39. The van der Waals surface area contributed by atoms with E-state index in [0.29, 0.717) is 0 Å². The molecule has 4 atom stereocenters. The zero-order valence-corrected chi connectivity index (χ0v) is 10.6. The molecule has 2 aliphatic heterocycles. The Morgan fingerprint density at radius 3 is 1.08 bits per heavy atom. The highest BCUT2D eigenvalue weighted by Crippen LogP contribution is 2.52. The van der Waals surface area contributed by atoms with Gasteiger partial charge in [0.2, 0.25) is 0 Å². The second-order valence-corrected chi connectivity index (χ2v) is 10.9. The predicted octanol–water partition coefficient (Wildman–Crippen LogP) is 4.01. The molecule has 2 fully saturated rings. The smallest absolute Gasteiger partial charge is 0.0546 e. The van der Waals surface area contributed by atoms with Gasteiger partial charge in [-0.25, -0.2) is 0 Å². The van der Waals surface area contributed by atoms with E-state index in [1.165, 1.54) is 0 Å². The molecular formula is C12H24Si. The van der Waals surface area contributed by atoms with Crippen LogP contribution in [0, 0.1) is 23.7 Å². The third-order valence-electron chi connectivity index (χ3n) is 4.96. The van der Waals surface area contributed by atoms with Gasteiger partial charge in [-0.3, -0.25) is 0 Å². The summed E-state index contributed by atoms with van der Waals surface area (Å²) in [6.07, 6.45) is 0. The summed E-state index contributed by atoms with van der Waals surface area (Å²) in [5.41, 5.74) is 0. The number of rotatable bonds is 0. The quantitative estimate of drug-likeness (QED) is 0.514. The molecule has 76 valence electrons. The van der Waals surface area contributed by atoms with Crippen LogP contribution in [0.1, 0.15) is 27.7 Å². The fourth-order valence-corrected chi connectivity index (χ4v) is 12.1. The third-order valence-corrected chi connectivity index (χ3v) is 11.0. The molecule has 0 aromatic carbocycles. The van der Waals surface area contributed by atoms with Crippen LogP contribution >= 0.6 is 0 Å². The zero-order chi connectivity index (χ0) is 9.64. The molecule has 1 heteroatoms. The summed E-state index contributed by atoms with van der Waals surface area (Å²) < 4.78 is 0. The van der Waals surface area contributed by atoms with E-state index in [0.717, 1.165) is 23.7 Å². The molecule has 2 heterocycles. The Balaban J connectivity index is 2.08. The van der Waals surface area contributed by atoms with Crippen molar-refractivity contribution >= 4 is 8.07 Å². The van der Waals surface area contributed by atoms with Gasteiger partial charge in [-0.1, -0.05) is 51.9 Å². The lowest BCUT2D eigenvalue weighted by atomic mass is 10.0. The number of hydrogen-bond donors (Lipinski definition) is 0. The molecule has 0 unspecified atom stereocenters. The van der Waals surface area contributed by atoms with Crippen molar-refractivity contribution in [1.82, 2.24) is 0 Å². The fourth-order valence-electron chi connectivity index (χ4n) is 4.04. The van der Waals surface area contributed by atoms with Gasteiger partial charge < -0.3 is 0 Å². The molecule has 2 saturated heterocycles. The van der Waals surface area contributed by atoms with Gasteiger partial charge in [-0.05, 0) is 23.7 Å². The van der Waals surface area contributed by atoms with Crippen molar-refractivity contribution in [3.63, 3.8) is 0 Å². The van der Waals surface area contributed by atoms with Crippen molar-refractivity contribution in [1.29, 1.82) is 0 Å². The van der Waals surface area contributed by atoms with Crippen molar-refractivity contribution in [3.8, 4) is 0 Å². The minimum atomic E-state index is -0.721. The van der Waals surface area contributed by atoms with Gasteiger partial charge in [0.15, 0.2) is 0 Å². The lowest BCUT2D eigenvalue weighted by Crippen LogP contribution is -2.26. The summed E-state index contributed by atoms with van der Waals surface area (Å²) in [6.45, 7) is 9.94. The van der Waals surface area contributed by atoms with Gasteiger partial charge in [-0.2, -0.15) is 0 Å². The van der Waals surface area contributed by atoms with Crippen LogP contribution in [0.15, 0.2) is 0 Å². The molecule has 0 N–H and O–H groups in total. The molecule has 1 spiro atoms. The summed E-state index contributed by atoms with van der Waals surface area (Å²) in [4.78, 5) is 0. The second kappa shape index (κ2) is 3.11. The normalized spacial score (nSPS) is 48.9. The van der Waals surface area contributed by atoms with E-state index < -0.39 is 8.07 Å². The van der Waals surface area contributed by atoms with E-state index in [4.69, 9.17) is 0 Å². The summed E-state index contributed by atoms with van der Waals surface area (Å²) >= 11 is 0. The van der Waals surface area contributed by atoms with Crippen LogP contribution in [0.25, 0.3) is 0 Å². The van der Waals surface area contributed by atoms with Crippen molar-refractivity contribution in [2.45, 2.75) is 51.9 Å². The van der Waals surface area contributed by atoms with E-state index in [1.807, 2.05) is 0 Å². The highest BCUT2D eigenvalue weighted by Gasteiger charge is 2.49. The lowest BCUT2D eigenvalue weighted by molar-refractivity contribution is 0.486. The van der Waals surface area contributed by atoms with Crippen LogP contribution in [-0.2, 0) is 0 Å². The van der Waals surface area contributed by atoms with Crippen LogP contribution in [-0.4, -0.2) is 8.07 Å². The Hall–Kier alpha value is 0.217. The third kappa shape index (κ3) is 1.60. The van der Waals surface area contributed by atoms with Crippen LogP contribution in [0.4, 0.5) is 0 Å². The summed E-state index contributed by atoms with van der Waals surface area (Å²) in [7, 11) is -0.721. The molecule has 0 radical (unpaired) electrons. The minimum Gasteiger partial charge on any atom is -0.0625 e. The molecule has 13 heavy (non-hydrogen) atoms. The maximum absolute atomic E-state index is 2.49. The van der Waals surface area contributed by atoms with Gasteiger partial charge >= 0.3 is 0 Å². The largest absolute Gasteiger partial charge is 0.0625 e. The Morgan fingerprint density at radius 2 is 0.846 bits per heavy atom. The van der Waals surface area contributed by atoms with Crippen molar-refractivity contribution < 1.29 is 0 Å². The summed E-state index contributed by atoms with van der Waals surface area (Å²) in [5, 5.41) is 0.